The molecule has 0 aliphatic carbocycles. The average Bonchev–Trinajstić information content (AvgIpc) is 2.46. The van der Waals surface area contributed by atoms with Gasteiger partial charge in [0.15, 0.2) is 0 Å². The van der Waals surface area contributed by atoms with Crippen LogP contribution in [0.5, 0.6) is 0 Å². The Labute approximate surface area is 123 Å². The minimum absolute atomic E-state index is 0.305. The summed E-state index contributed by atoms with van der Waals surface area (Å²) in [5, 5.41) is 3.52. The van der Waals surface area contributed by atoms with Crippen LogP contribution in [0.2, 0.25) is 0 Å². The van der Waals surface area contributed by atoms with Gasteiger partial charge in [-0.05, 0) is 31.2 Å². The Morgan fingerprint density at radius 2 is 2.15 bits per heavy atom. The molecular formula is C14H20N2O3S. The average molecular weight is 296 g/mol. The molecule has 1 unspecified atom stereocenters. The first-order valence-electron chi connectivity index (χ1n) is 6.46. The second-order valence-corrected chi connectivity index (χ2v) is 5.73. The highest BCUT2D eigenvalue weighted by Gasteiger charge is 2.34. The van der Waals surface area contributed by atoms with Gasteiger partial charge in [0, 0.05) is 11.8 Å². The molecule has 0 aliphatic heterocycles. The number of amides is 1. The van der Waals surface area contributed by atoms with Gasteiger partial charge in [0.25, 0.3) is 5.91 Å². The number of nitrogens with one attached hydrogen (secondary N) is 1. The smallest absolute Gasteiger partial charge is 0.331 e. The van der Waals surface area contributed by atoms with Gasteiger partial charge >= 0.3 is 5.97 Å². The summed E-state index contributed by atoms with van der Waals surface area (Å²) in [5.74, 6) is 0.123. The number of pyridine rings is 1. The molecule has 0 fully saturated rings. The van der Waals surface area contributed by atoms with E-state index in [1.807, 2.05) is 13.8 Å². The summed E-state index contributed by atoms with van der Waals surface area (Å²) in [6, 6.07) is 3.35. The minimum atomic E-state index is -1.02. The summed E-state index contributed by atoms with van der Waals surface area (Å²) in [6.45, 7) is 5.49. The lowest BCUT2D eigenvalue weighted by Gasteiger charge is -2.26. The molecule has 0 radical (unpaired) electrons. The van der Waals surface area contributed by atoms with E-state index in [0.717, 1.165) is 10.8 Å². The number of hydrogen-bond acceptors (Lipinski definition) is 5. The Bertz CT molecular complexity index is 493. The van der Waals surface area contributed by atoms with Gasteiger partial charge in [-0.25, -0.2) is 9.78 Å². The first-order valence-corrected chi connectivity index (χ1v) is 7.45. The van der Waals surface area contributed by atoms with Gasteiger partial charge in [-0.15, -0.1) is 11.8 Å². The predicted molar refractivity (Wildman–Crippen MR) is 78.8 cm³/mol. The zero-order valence-electron chi connectivity index (χ0n) is 12.2. The Hall–Kier alpha value is -1.56. The third-order valence-corrected chi connectivity index (χ3v) is 3.83. The van der Waals surface area contributed by atoms with E-state index in [-0.39, 0.29) is 5.91 Å². The lowest BCUT2D eigenvalue weighted by molar-refractivity contribution is -0.147. The molecule has 0 aliphatic rings. The number of methoxy groups -OCH3 is 1. The minimum Gasteiger partial charge on any atom is -0.467 e. The quantitative estimate of drug-likeness (QED) is 0.644. The van der Waals surface area contributed by atoms with Crippen molar-refractivity contribution in [2.45, 2.75) is 37.8 Å². The fourth-order valence-corrected chi connectivity index (χ4v) is 2.25. The molecule has 6 heteroatoms. The molecule has 5 nitrogen and oxygen atoms in total. The van der Waals surface area contributed by atoms with Crippen molar-refractivity contribution in [3.05, 3.63) is 23.9 Å². The van der Waals surface area contributed by atoms with Crippen molar-refractivity contribution in [2.24, 2.45) is 0 Å². The van der Waals surface area contributed by atoms with Crippen molar-refractivity contribution in [3.8, 4) is 0 Å². The monoisotopic (exact) mass is 296 g/mol. The number of carbonyl (C=O) groups excluding carboxylic acids is 2. The number of rotatable bonds is 6. The van der Waals surface area contributed by atoms with E-state index in [1.165, 1.54) is 7.11 Å². The highest BCUT2D eigenvalue weighted by molar-refractivity contribution is 7.99. The van der Waals surface area contributed by atoms with E-state index in [1.54, 1.807) is 37.0 Å². The number of esters is 1. The number of thioether (sulfide) groups is 1. The summed E-state index contributed by atoms with van der Waals surface area (Å²) in [7, 11) is 1.31. The van der Waals surface area contributed by atoms with Crippen LogP contribution in [-0.2, 0) is 9.53 Å². The topological polar surface area (TPSA) is 68.3 Å². The van der Waals surface area contributed by atoms with Gasteiger partial charge in [0.1, 0.15) is 5.54 Å². The lowest BCUT2D eigenvalue weighted by Crippen LogP contribution is -2.52. The van der Waals surface area contributed by atoms with Gasteiger partial charge < -0.3 is 10.1 Å². The second-order valence-electron chi connectivity index (χ2n) is 4.45. The molecule has 1 amide bonds. The largest absolute Gasteiger partial charge is 0.467 e. The Kier molecular flexibility index (Phi) is 6.01. The number of hydrogen-bond donors (Lipinski definition) is 1. The van der Waals surface area contributed by atoms with Crippen molar-refractivity contribution >= 4 is 23.6 Å². The first kappa shape index (κ1) is 16.5. The van der Waals surface area contributed by atoms with Gasteiger partial charge in [0.2, 0.25) is 0 Å². The molecule has 1 aromatic rings. The maximum absolute atomic E-state index is 12.2. The van der Waals surface area contributed by atoms with Crippen LogP contribution in [0.15, 0.2) is 23.4 Å². The van der Waals surface area contributed by atoms with E-state index in [4.69, 9.17) is 4.74 Å². The van der Waals surface area contributed by atoms with Crippen LogP contribution in [0.3, 0.4) is 0 Å². The van der Waals surface area contributed by atoms with Crippen molar-refractivity contribution in [3.63, 3.8) is 0 Å². The predicted octanol–water partition coefficient (Wildman–Crippen LogP) is 2.27. The van der Waals surface area contributed by atoms with Gasteiger partial charge in [-0.3, -0.25) is 4.79 Å². The maximum atomic E-state index is 12.2. The third kappa shape index (κ3) is 3.96. The normalized spacial score (nSPS) is 13.4. The molecule has 0 aromatic carbocycles. The zero-order valence-corrected chi connectivity index (χ0v) is 13.0. The van der Waals surface area contributed by atoms with Crippen LogP contribution in [0.1, 0.15) is 37.6 Å². The summed E-state index contributed by atoms with van der Waals surface area (Å²) in [5.41, 5.74) is -0.535. The molecule has 20 heavy (non-hydrogen) atoms. The number of ether oxygens (including phenoxy) is 1. The van der Waals surface area contributed by atoms with E-state index >= 15 is 0 Å². The van der Waals surface area contributed by atoms with Crippen molar-refractivity contribution in [1.82, 2.24) is 10.3 Å². The number of carbonyl (C=O) groups is 2. The SMILES string of the molecule is CCSc1cc(C(=O)NC(C)(CC)C(=O)OC)ccn1. The Balaban J connectivity index is 2.89. The molecule has 1 rings (SSSR count). The van der Waals surface area contributed by atoms with Crippen molar-refractivity contribution < 1.29 is 14.3 Å². The van der Waals surface area contributed by atoms with Gasteiger partial charge in [0.05, 0.1) is 12.1 Å². The molecule has 1 atom stereocenters. The van der Waals surface area contributed by atoms with Crippen LogP contribution in [0.25, 0.3) is 0 Å². The molecule has 1 aromatic heterocycles. The summed E-state index contributed by atoms with van der Waals surface area (Å²) in [6.07, 6.45) is 2.04. The first-order chi connectivity index (χ1) is 9.46. The van der Waals surface area contributed by atoms with E-state index in [0.29, 0.717) is 12.0 Å². The van der Waals surface area contributed by atoms with Gasteiger partial charge in [-0.2, -0.15) is 0 Å². The van der Waals surface area contributed by atoms with Crippen molar-refractivity contribution in [2.75, 3.05) is 12.9 Å². The zero-order chi connectivity index (χ0) is 15.2. The van der Waals surface area contributed by atoms with E-state index < -0.39 is 11.5 Å². The molecule has 0 bridgehead atoms. The molecule has 110 valence electrons. The van der Waals surface area contributed by atoms with E-state index in [9.17, 15) is 9.59 Å². The molecular weight excluding hydrogens is 276 g/mol. The number of nitrogens with zero attached hydrogens (tertiary/aromatic N) is 1. The summed E-state index contributed by atoms with van der Waals surface area (Å²) >= 11 is 1.56. The summed E-state index contributed by atoms with van der Waals surface area (Å²) < 4.78 is 4.74. The lowest BCUT2D eigenvalue weighted by atomic mass is 9.98. The fourth-order valence-electron chi connectivity index (χ4n) is 1.61. The van der Waals surface area contributed by atoms with Gasteiger partial charge in [-0.1, -0.05) is 13.8 Å². The van der Waals surface area contributed by atoms with E-state index in [2.05, 4.69) is 10.3 Å². The highest BCUT2D eigenvalue weighted by atomic mass is 32.2. The fraction of sp³-hybridized carbons (Fsp3) is 0.500. The van der Waals surface area contributed by atoms with Crippen LogP contribution < -0.4 is 5.32 Å². The molecule has 0 spiro atoms. The van der Waals surface area contributed by atoms with Crippen LogP contribution in [-0.4, -0.2) is 35.3 Å². The Morgan fingerprint density at radius 1 is 1.45 bits per heavy atom. The molecule has 0 saturated carbocycles. The second kappa shape index (κ2) is 7.28. The summed E-state index contributed by atoms with van der Waals surface area (Å²) in [4.78, 5) is 28.2. The standard InChI is InChI=1S/C14H20N2O3S/c1-5-14(3,13(18)19-4)16-12(17)10-7-8-15-11(9-10)20-6-2/h7-9H,5-6H2,1-4H3,(H,16,17). The van der Waals surface area contributed by atoms with Crippen molar-refractivity contribution in [1.29, 1.82) is 0 Å². The third-order valence-electron chi connectivity index (χ3n) is 3.02. The molecule has 0 saturated heterocycles. The number of aromatic nitrogens is 1. The highest BCUT2D eigenvalue weighted by Crippen LogP contribution is 2.17. The maximum Gasteiger partial charge on any atom is 0.331 e. The molecule has 1 N–H and O–H groups in total. The van der Waals surface area contributed by atoms with Crippen LogP contribution in [0, 0.1) is 0 Å². The van der Waals surface area contributed by atoms with Crippen LogP contribution >= 0.6 is 11.8 Å². The Morgan fingerprint density at radius 3 is 2.70 bits per heavy atom. The van der Waals surface area contributed by atoms with Crippen LogP contribution in [0.4, 0.5) is 0 Å². The molecule has 1 heterocycles.